The quantitative estimate of drug-likeness (QED) is 0.724. The average Bonchev–Trinajstić information content (AvgIpc) is 3.12. The highest BCUT2D eigenvalue weighted by Gasteiger charge is 2.20. The number of hydrogen-bond acceptors (Lipinski definition) is 4. The largest absolute Gasteiger partial charge is 0.379 e. The summed E-state index contributed by atoms with van der Waals surface area (Å²) in [6.07, 6.45) is 2.61. The first-order chi connectivity index (χ1) is 8.65. The zero-order valence-electron chi connectivity index (χ0n) is 11.0. The molecule has 0 atom stereocenters. The Morgan fingerprint density at radius 3 is 3.00 bits per heavy atom. The number of rotatable bonds is 7. The van der Waals surface area contributed by atoms with Gasteiger partial charge in [0.25, 0.3) is 5.56 Å². The van der Waals surface area contributed by atoms with E-state index in [1.807, 2.05) is 13.8 Å². The molecule has 100 valence electrons. The molecule has 1 heterocycles. The minimum atomic E-state index is -0.116. The van der Waals surface area contributed by atoms with Gasteiger partial charge in [-0.05, 0) is 18.8 Å². The Morgan fingerprint density at radius 2 is 2.33 bits per heavy atom. The van der Waals surface area contributed by atoms with E-state index in [2.05, 4.69) is 15.3 Å². The van der Waals surface area contributed by atoms with Crippen LogP contribution in [0.1, 0.15) is 38.4 Å². The van der Waals surface area contributed by atoms with E-state index in [-0.39, 0.29) is 11.5 Å². The number of aromatic nitrogens is 2. The summed E-state index contributed by atoms with van der Waals surface area (Å²) >= 11 is 0. The lowest BCUT2D eigenvalue weighted by Crippen LogP contribution is -2.17. The van der Waals surface area contributed by atoms with E-state index in [0.717, 1.165) is 12.5 Å². The van der Waals surface area contributed by atoms with Crippen molar-refractivity contribution in [3.63, 3.8) is 0 Å². The number of hydrogen-bond donors (Lipinski definition) is 2. The van der Waals surface area contributed by atoms with Gasteiger partial charge >= 0.3 is 0 Å². The molecule has 1 aromatic heterocycles. The van der Waals surface area contributed by atoms with Crippen molar-refractivity contribution in [2.45, 2.75) is 32.6 Å². The monoisotopic (exact) mass is 251 g/mol. The van der Waals surface area contributed by atoms with Gasteiger partial charge < -0.3 is 15.0 Å². The molecule has 0 aromatic carbocycles. The van der Waals surface area contributed by atoms with Crippen LogP contribution in [0.3, 0.4) is 0 Å². The molecule has 1 fully saturated rings. The molecule has 1 aromatic rings. The molecule has 0 amide bonds. The molecule has 0 radical (unpaired) electrons. The summed E-state index contributed by atoms with van der Waals surface area (Å²) in [6, 6.07) is 1.48. The Morgan fingerprint density at radius 1 is 1.56 bits per heavy atom. The highest BCUT2D eigenvalue weighted by Crippen LogP contribution is 2.28. The Balaban J connectivity index is 1.78. The zero-order valence-corrected chi connectivity index (χ0v) is 11.0. The second kappa shape index (κ2) is 6.00. The van der Waals surface area contributed by atoms with E-state index in [9.17, 15) is 4.79 Å². The summed E-state index contributed by atoms with van der Waals surface area (Å²) in [6.45, 7) is 6.20. The summed E-state index contributed by atoms with van der Waals surface area (Å²) in [7, 11) is 0. The standard InChI is InChI=1S/C13H21N3O2/c1-9(2)13-15-11(7-12(17)16-13)14-5-6-18-8-10-3-4-10/h7,9-10H,3-6,8H2,1-2H3,(H2,14,15,16,17). The van der Waals surface area contributed by atoms with Crippen LogP contribution in [-0.2, 0) is 4.74 Å². The van der Waals surface area contributed by atoms with E-state index in [4.69, 9.17) is 4.74 Å². The summed E-state index contributed by atoms with van der Waals surface area (Å²) in [4.78, 5) is 18.5. The molecule has 0 unspecified atom stereocenters. The predicted octanol–water partition coefficient (Wildman–Crippen LogP) is 1.73. The van der Waals surface area contributed by atoms with Gasteiger partial charge in [0.15, 0.2) is 0 Å². The van der Waals surface area contributed by atoms with E-state index < -0.39 is 0 Å². The fraction of sp³-hybridized carbons (Fsp3) is 0.692. The lowest BCUT2D eigenvalue weighted by molar-refractivity contribution is 0.134. The molecule has 2 rings (SSSR count). The van der Waals surface area contributed by atoms with Crippen molar-refractivity contribution in [3.8, 4) is 0 Å². The Bertz CT molecular complexity index is 438. The fourth-order valence-corrected chi connectivity index (χ4v) is 1.63. The first-order valence-electron chi connectivity index (χ1n) is 6.58. The lowest BCUT2D eigenvalue weighted by Gasteiger charge is -2.09. The molecule has 1 saturated carbocycles. The van der Waals surface area contributed by atoms with Crippen LogP contribution in [0.4, 0.5) is 5.82 Å². The SMILES string of the molecule is CC(C)c1nc(NCCOCC2CC2)cc(=O)[nH]1. The van der Waals surface area contributed by atoms with Crippen LogP contribution >= 0.6 is 0 Å². The topological polar surface area (TPSA) is 67.0 Å². The van der Waals surface area contributed by atoms with Crippen molar-refractivity contribution in [3.05, 3.63) is 22.2 Å². The predicted molar refractivity (Wildman–Crippen MR) is 71.0 cm³/mol. The molecule has 5 nitrogen and oxygen atoms in total. The molecule has 5 heteroatoms. The fourth-order valence-electron chi connectivity index (χ4n) is 1.63. The summed E-state index contributed by atoms with van der Waals surface area (Å²) < 4.78 is 5.51. The second-order valence-electron chi connectivity index (χ2n) is 5.12. The van der Waals surface area contributed by atoms with Crippen LogP contribution in [0.25, 0.3) is 0 Å². The molecule has 1 aliphatic carbocycles. The van der Waals surface area contributed by atoms with Crippen LogP contribution in [-0.4, -0.2) is 29.7 Å². The van der Waals surface area contributed by atoms with E-state index in [1.165, 1.54) is 18.9 Å². The third-order valence-corrected chi connectivity index (χ3v) is 2.91. The molecular weight excluding hydrogens is 230 g/mol. The van der Waals surface area contributed by atoms with Crippen LogP contribution < -0.4 is 10.9 Å². The van der Waals surface area contributed by atoms with Crippen molar-refractivity contribution in [2.24, 2.45) is 5.92 Å². The number of nitrogens with zero attached hydrogens (tertiary/aromatic N) is 1. The first-order valence-corrected chi connectivity index (χ1v) is 6.58. The Kier molecular flexibility index (Phi) is 4.36. The highest BCUT2D eigenvalue weighted by atomic mass is 16.5. The number of H-pyrrole nitrogens is 1. The molecule has 1 aliphatic rings. The Labute approximate surface area is 107 Å². The number of nitrogens with one attached hydrogen (secondary N) is 2. The smallest absolute Gasteiger partial charge is 0.252 e. The summed E-state index contributed by atoms with van der Waals surface area (Å²) in [5.41, 5.74) is -0.116. The number of anilines is 1. The number of aromatic amines is 1. The first kappa shape index (κ1) is 13.1. The molecule has 2 N–H and O–H groups in total. The zero-order chi connectivity index (χ0) is 13.0. The van der Waals surface area contributed by atoms with Gasteiger partial charge in [-0.3, -0.25) is 4.79 Å². The van der Waals surface area contributed by atoms with Crippen molar-refractivity contribution in [2.75, 3.05) is 25.1 Å². The van der Waals surface area contributed by atoms with Gasteiger partial charge in [-0.25, -0.2) is 4.98 Å². The molecule has 0 spiro atoms. The van der Waals surface area contributed by atoms with Gasteiger partial charge in [0.2, 0.25) is 0 Å². The lowest BCUT2D eigenvalue weighted by atomic mass is 10.2. The van der Waals surface area contributed by atoms with Crippen molar-refractivity contribution >= 4 is 5.82 Å². The maximum atomic E-state index is 11.4. The third kappa shape index (κ3) is 4.14. The highest BCUT2D eigenvalue weighted by molar-refractivity contribution is 5.33. The summed E-state index contributed by atoms with van der Waals surface area (Å²) in [5.74, 6) is 2.34. The molecule has 0 bridgehead atoms. The van der Waals surface area contributed by atoms with Crippen LogP contribution in [0.2, 0.25) is 0 Å². The minimum Gasteiger partial charge on any atom is -0.379 e. The van der Waals surface area contributed by atoms with Gasteiger partial charge in [0.1, 0.15) is 11.6 Å². The van der Waals surface area contributed by atoms with Crippen LogP contribution in [0.5, 0.6) is 0 Å². The van der Waals surface area contributed by atoms with E-state index >= 15 is 0 Å². The normalized spacial score (nSPS) is 15.1. The molecular formula is C13H21N3O2. The second-order valence-corrected chi connectivity index (χ2v) is 5.12. The molecule has 0 saturated heterocycles. The van der Waals surface area contributed by atoms with Crippen molar-refractivity contribution in [1.29, 1.82) is 0 Å². The van der Waals surface area contributed by atoms with Gasteiger partial charge in [0, 0.05) is 25.1 Å². The van der Waals surface area contributed by atoms with E-state index in [0.29, 0.717) is 24.8 Å². The summed E-state index contributed by atoms with van der Waals surface area (Å²) in [5, 5.41) is 3.12. The van der Waals surface area contributed by atoms with E-state index in [1.54, 1.807) is 0 Å². The average molecular weight is 251 g/mol. The van der Waals surface area contributed by atoms with Crippen molar-refractivity contribution < 1.29 is 4.74 Å². The van der Waals surface area contributed by atoms with Gasteiger partial charge in [-0.2, -0.15) is 0 Å². The maximum Gasteiger partial charge on any atom is 0.252 e. The van der Waals surface area contributed by atoms with Crippen LogP contribution in [0.15, 0.2) is 10.9 Å². The van der Waals surface area contributed by atoms with Crippen molar-refractivity contribution in [1.82, 2.24) is 9.97 Å². The van der Waals surface area contributed by atoms with Gasteiger partial charge in [0.05, 0.1) is 6.61 Å². The van der Waals surface area contributed by atoms with Gasteiger partial charge in [-0.1, -0.05) is 13.8 Å². The van der Waals surface area contributed by atoms with Gasteiger partial charge in [-0.15, -0.1) is 0 Å². The Hall–Kier alpha value is -1.36. The molecule has 18 heavy (non-hydrogen) atoms. The third-order valence-electron chi connectivity index (χ3n) is 2.91. The number of ether oxygens (including phenoxy) is 1. The van der Waals surface area contributed by atoms with Crippen LogP contribution in [0, 0.1) is 5.92 Å². The molecule has 0 aliphatic heterocycles. The maximum absolute atomic E-state index is 11.4. The minimum absolute atomic E-state index is 0.116.